The third-order valence-corrected chi connectivity index (χ3v) is 2.81. The molecule has 0 spiro atoms. The van der Waals surface area contributed by atoms with Crippen molar-refractivity contribution in [2.24, 2.45) is 7.05 Å². The van der Waals surface area contributed by atoms with Gasteiger partial charge in [-0.05, 0) is 18.6 Å². The molecule has 0 saturated carbocycles. The molecule has 0 saturated heterocycles. The van der Waals surface area contributed by atoms with E-state index in [2.05, 4.69) is 10.4 Å². The van der Waals surface area contributed by atoms with Crippen molar-refractivity contribution in [3.05, 3.63) is 35.5 Å². The van der Waals surface area contributed by atoms with E-state index in [1.54, 1.807) is 7.11 Å². The molecule has 2 rings (SSSR count). The molecular formula is C13H18N4O. The number of nitrogens with zero attached hydrogens (tertiary/aromatic N) is 2. The second-order valence-electron chi connectivity index (χ2n) is 4.21. The van der Waals surface area contributed by atoms with Gasteiger partial charge in [-0.3, -0.25) is 4.68 Å². The second kappa shape index (κ2) is 5.00. The fourth-order valence-electron chi connectivity index (χ4n) is 1.82. The minimum atomic E-state index is 0.662. The summed E-state index contributed by atoms with van der Waals surface area (Å²) in [4.78, 5) is 0. The number of nitrogens with one attached hydrogen (secondary N) is 1. The number of benzene rings is 1. The van der Waals surface area contributed by atoms with Gasteiger partial charge in [-0.25, -0.2) is 0 Å². The summed E-state index contributed by atoms with van der Waals surface area (Å²) in [6, 6.07) is 7.69. The summed E-state index contributed by atoms with van der Waals surface area (Å²) in [5.74, 6) is 1.75. The first kappa shape index (κ1) is 12.3. The molecule has 0 fully saturated rings. The summed E-state index contributed by atoms with van der Waals surface area (Å²) >= 11 is 0. The lowest BCUT2D eigenvalue weighted by Crippen LogP contribution is -2.06. The predicted molar refractivity (Wildman–Crippen MR) is 72.7 cm³/mol. The molecule has 5 nitrogen and oxygen atoms in total. The summed E-state index contributed by atoms with van der Waals surface area (Å²) in [7, 11) is 3.54. The molecule has 5 heteroatoms. The van der Waals surface area contributed by atoms with Crippen molar-refractivity contribution >= 4 is 11.5 Å². The van der Waals surface area contributed by atoms with Crippen LogP contribution in [0.1, 0.15) is 11.3 Å². The van der Waals surface area contributed by atoms with Crippen LogP contribution >= 0.6 is 0 Å². The zero-order valence-corrected chi connectivity index (χ0v) is 10.9. The fraction of sp³-hybridized carbons (Fsp3) is 0.308. The lowest BCUT2D eigenvalue weighted by Gasteiger charge is -2.10. The Kier molecular flexibility index (Phi) is 3.41. The summed E-state index contributed by atoms with van der Waals surface area (Å²) in [5, 5.41) is 7.58. The number of hydrogen-bond acceptors (Lipinski definition) is 4. The Morgan fingerprint density at radius 3 is 2.72 bits per heavy atom. The topological polar surface area (TPSA) is 65.1 Å². The second-order valence-corrected chi connectivity index (χ2v) is 4.21. The highest BCUT2D eigenvalue weighted by molar-refractivity contribution is 5.53. The fourth-order valence-corrected chi connectivity index (χ4v) is 1.82. The Morgan fingerprint density at radius 1 is 1.39 bits per heavy atom. The van der Waals surface area contributed by atoms with Crippen LogP contribution in [0.5, 0.6) is 5.75 Å². The first-order chi connectivity index (χ1) is 8.60. The number of aryl methyl sites for hydroxylation is 2. The standard InChI is InChI=1S/C13H18N4O/c1-9-6-13(17(2)16-9)15-8-10-4-5-11(18-3)7-12(10)14/h4-7,15H,8,14H2,1-3H3. The third-order valence-electron chi connectivity index (χ3n) is 2.81. The maximum atomic E-state index is 5.96. The average Bonchev–Trinajstić information content (AvgIpc) is 2.66. The number of hydrogen-bond donors (Lipinski definition) is 2. The first-order valence-electron chi connectivity index (χ1n) is 5.77. The van der Waals surface area contributed by atoms with E-state index >= 15 is 0 Å². The van der Waals surface area contributed by atoms with Crippen LogP contribution in [-0.4, -0.2) is 16.9 Å². The maximum Gasteiger partial charge on any atom is 0.124 e. The van der Waals surface area contributed by atoms with Crippen molar-refractivity contribution in [2.75, 3.05) is 18.2 Å². The van der Waals surface area contributed by atoms with Crippen molar-refractivity contribution in [1.29, 1.82) is 0 Å². The van der Waals surface area contributed by atoms with Gasteiger partial charge in [-0.15, -0.1) is 0 Å². The van der Waals surface area contributed by atoms with Crippen molar-refractivity contribution < 1.29 is 4.74 Å². The van der Waals surface area contributed by atoms with Gasteiger partial charge < -0.3 is 15.8 Å². The highest BCUT2D eigenvalue weighted by Gasteiger charge is 2.04. The Labute approximate surface area is 107 Å². The van der Waals surface area contributed by atoms with E-state index in [9.17, 15) is 0 Å². The normalized spacial score (nSPS) is 10.4. The summed E-state index contributed by atoms with van der Waals surface area (Å²) < 4.78 is 6.94. The molecule has 0 unspecified atom stereocenters. The Bertz CT molecular complexity index is 548. The lowest BCUT2D eigenvalue weighted by molar-refractivity contribution is 0.415. The minimum absolute atomic E-state index is 0.662. The SMILES string of the molecule is COc1ccc(CNc2cc(C)nn2C)c(N)c1. The van der Waals surface area contributed by atoms with Crippen LogP contribution in [0.25, 0.3) is 0 Å². The minimum Gasteiger partial charge on any atom is -0.497 e. The van der Waals surface area contributed by atoms with E-state index in [-0.39, 0.29) is 0 Å². The van der Waals surface area contributed by atoms with E-state index in [4.69, 9.17) is 10.5 Å². The monoisotopic (exact) mass is 246 g/mol. The van der Waals surface area contributed by atoms with Crippen LogP contribution in [0.4, 0.5) is 11.5 Å². The van der Waals surface area contributed by atoms with Gasteiger partial charge in [0.2, 0.25) is 0 Å². The largest absolute Gasteiger partial charge is 0.497 e. The molecule has 0 aliphatic carbocycles. The van der Waals surface area contributed by atoms with Gasteiger partial charge in [-0.2, -0.15) is 5.10 Å². The van der Waals surface area contributed by atoms with Gasteiger partial charge in [0.05, 0.1) is 12.8 Å². The van der Waals surface area contributed by atoms with Crippen LogP contribution in [0.3, 0.4) is 0 Å². The van der Waals surface area contributed by atoms with Gasteiger partial charge in [0.25, 0.3) is 0 Å². The molecule has 0 aliphatic heterocycles. The summed E-state index contributed by atoms with van der Waals surface area (Å²) in [5.41, 5.74) is 8.71. The molecule has 0 atom stereocenters. The third kappa shape index (κ3) is 2.56. The highest BCUT2D eigenvalue weighted by atomic mass is 16.5. The van der Waals surface area contributed by atoms with E-state index in [0.29, 0.717) is 6.54 Å². The van der Waals surface area contributed by atoms with Crippen LogP contribution in [0.2, 0.25) is 0 Å². The van der Waals surface area contributed by atoms with E-state index < -0.39 is 0 Å². The zero-order valence-electron chi connectivity index (χ0n) is 10.9. The van der Waals surface area contributed by atoms with E-state index in [1.807, 2.05) is 42.9 Å². The van der Waals surface area contributed by atoms with Gasteiger partial charge in [0.1, 0.15) is 11.6 Å². The van der Waals surface area contributed by atoms with Gasteiger partial charge in [0, 0.05) is 31.4 Å². The quantitative estimate of drug-likeness (QED) is 0.809. The smallest absolute Gasteiger partial charge is 0.124 e. The molecule has 2 aromatic rings. The number of nitrogens with two attached hydrogens (primary N) is 1. The van der Waals surface area contributed by atoms with Crippen LogP contribution in [0, 0.1) is 6.92 Å². The molecule has 0 radical (unpaired) electrons. The van der Waals surface area contributed by atoms with Gasteiger partial charge in [0.15, 0.2) is 0 Å². The van der Waals surface area contributed by atoms with Crippen molar-refractivity contribution in [1.82, 2.24) is 9.78 Å². The summed E-state index contributed by atoms with van der Waals surface area (Å²) in [6.07, 6.45) is 0. The number of ether oxygens (including phenoxy) is 1. The predicted octanol–water partition coefficient (Wildman–Crippen LogP) is 1.93. The first-order valence-corrected chi connectivity index (χ1v) is 5.77. The van der Waals surface area contributed by atoms with Gasteiger partial charge >= 0.3 is 0 Å². The van der Waals surface area contributed by atoms with Crippen LogP contribution in [0.15, 0.2) is 24.3 Å². The number of anilines is 2. The molecule has 1 heterocycles. The van der Waals surface area contributed by atoms with Crippen LogP contribution < -0.4 is 15.8 Å². The molecule has 0 bridgehead atoms. The van der Waals surface area contributed by atoms with Crippen LogP contribution in [-0.2, 0) is 13.6 Å². The van der Waals surface area contributed by atoms with Crippen molar-refractivity contribution in [3.63, 3.8) is 0 Å². The number of aromatic nitrogens is 2. The molecular weight excluding hydrogens is 228 g/mol. The molecule has 96 valence electrons. The molecule has 1 aromatic carbocycles. The maximum absolute atomic E-state index is 5.96. The molecule has 0 amide bonds. The van der Waals surface area contributed by atoms with Crippen molar-refractivity contribution in [3.8, 4) is 5.75 Å². The summed E-state index contributed by atoms with van der Waals surface area (Å²) in [6.45, 7) is 2.63. The number of methoxy groups -OCH3 is 1. The van der Waals surface area contributed by atoms with Crippen molar-refractivity contribution in [2.45, 2.75) is 13.5 Å². The highest BCUT2D eigenvalue weighted by Crippen LogP contribution is 2.20. The lowest BCUT2D eigenvalue weighted by atomic mass is 10.1. The number of rotatable bonds is 4. The van der Waals surface area contributed by atoms with E-state index in [1.165, 1.54) is 0 Å². The van der Waals surface area contributed by atoms with Gasteiger partial charge in [-0.1, -0.05) is 6.07 Å². The average molecular weight is 246 g/mol. The Hall–Kier alpha value is -2.17. The Morgan fingerprint density at radius 2 is 2.17 bits per heavy atom. The van der Waals surface area contributed by atoms with E-state index in [0.717, 1.165) is 28.5 Å². The molecule has 3 N–H and O–H groups in total. The Balaban J connectivity index is 2.08. The number of nitrogen functional groups attached to an aromatic ring is 1. The molecule has 18 heavy (non-hydrogen) atoms. The molecule has 0 aliphatic rings. The zero-order chi connectivity index (χ0) is 13.1. The molecule has 1 aromatic heterocycles.